The number of fused-ring (bicyclic) bond motifs is 1. The Bertz CT molecular complexity index is 521. The van der Waals surface area contributed by atoms with Gasteiger partial charge in [-0.05, 0) is 52.8 Å². The Balaban J connectivity index is 2.88. The molecule has 1 atom stereocenters. The van der Waals surface area contributed by atoms with Crippen LogP contribution in [0.4, 0.5) is 0 Å². The predicted molar refractivity (Wildman–Crippen MR) is 76.5 cm³/mol. The van der Waals surface area contributed by atoms with Crippen LogP contribution in [0.1, 0.15) is 67.2 Å². The first kappa shape index (κ1) is 13.3. The van der Waals surface area contributed by atoms with Gasteiger partial charge < -0.3 is 0 Å². The Kier molecular flexibility index (Phi) is 2.73. The molecule has 1 unspecified atom stereocenters. The summed E-state index contributed by atoms with van der Waals surface area (Å²) in [6.07, 6.45) is 1.01. The van der Waals surface area contributed by atoms with E-state index in [-0.39, 0.29) is 10.8 Å². The third-order valence-corrected chi connectivity index (χ3v) is 5.46. The molecule has 0 radical (unpaired) electrons. The van der Waals surface area contributed by atoms with Crippen LogP contribution >= 0.6 is 0 Å². The highest BCUT2D eigenvalue weighted by Crippen LogP contribution is 2.55. The Labute approximate surface area is 111 Å². The maximum atomic E-state index is 11.3. The zero-order valence-corrected chi connectivity index (χ0v) is 12.6. The van der Waals surface area contributed by atoms with Gasteiger partial charge in [0, 0.05) is 5.56 Å². The van der Waals surface area contributed by atoms with Gasteiger partial charge in [-0.3, -0.25) is 4.79 Å². The molecule has 0 fully saturated rings. The summed E-state index contributed by atoms with van der Waals surface area (Å²) in [6, 6.07) is 2.23. The minimum absolute atomic E-state index is 0.133. The summed E-state index contributed by atoms with van der Waals surface area (Å²) in [5.41, 5.74) is 6.31. The van der Waals surface area contributed by atoms with Crippen molar-refractivity contribution in [2.75, 3.05) is 0 Å². The van der Waals surface area contributed by atoms with E-state index in [1.807, 2.05) is 6.92 Å². The van der Waals surface area contributed by atoms with Crippen LogP contribution < -0.4 is 0 Å². The zero-order valence-electron chi connectivity index (χ0n) is 12.6. The number of hydrogen-bond acceptors (Lipinski definition) is 1. The van der Waals surface area contributed by atoms with Gasteiger partial charge in [0.2, 0.25) is 0 Å². The van der Waals surface area contributed by atoms with E-state index >= 15 is 0 Å². The van der Waals surface area contributed by atoms with Crippen molar-refractivity contribution in [2.24, 2.45) is 5.92 Å². The van der Waals surface area contributed by atoms with E-state index in [2.05, 4.69) is 47.6 Å². The Hall–Kier alpha value is -1.11. The van der Waals surface area contributed by atoms with Crippen molar-refractivity contribution in [3.8, 4) is 0 Å². The second-order valence-corrected chi connectivity index (χ2v) is 6.94. The average Bonchev–Trinajstić information content (AvgIpc) is 2.38. The molecule has 0 heterocycles. The molecule has 0 amide bonds. The standard InChI is InChI=1S/C17H24O/c1-10-8-14-15(11(2)13(10)9-18)17(6,7)12(3)16(14,4)5/h8-9,12H,1-7H3. The molecule has 0 spiro atoms. The molecule has 2 rings (SSSR count). The highest BCUT2D eigenvalue weighted by molar-refractivity contribution is 5.81. The van der Waals surface area contributed by atoms with Gasteiger partial charge in [0.15, 0.2) is 6.29 Å². The fraction of sp³-hybridized carbons (Fsp3) is 0.588. The van der Waals surface area contributed by atoms with Gasteiger partial charge in [-0.2, -0.15) is 0 Å². The number of aldehydes is 1. The first-order chi connectivity index (χ1) is 8.15. The molecule has 18 heavy (non-hydrogen) atoms. The molecule has 1 aromatic rings. The fourth-order valence-corrected chi connectivity index (χ4v) is 3.87. The Morgan fingerprint density at radius 2 is 1.67 bits per heavy atom. The molecule has 0 aromatic heterocycles. The number of carbonyl (C=O) groups excluding carboxylic acids is 1. The molecule has 1 heteroatoms. The van der Waals surface area contributed by atoms with Crippen LogP contribution in [-0.2, 0) is 10.8 Å². The number of aryl methyl sites for hydroxylation is 1. The van der Waals surface area contributed by atoms with E-state index in [1.165, 1.54) is 16.7 Å². The summed E-state index contributed by atoms with van der Waals surface area (Å²) in [6.45, 7) is 15.7. The molecule has 1 aliphatic rings. The Morgan fingerprint density at radius 3 is 2.17 bits per heavy atom. The first-order valence-electron chi connectivity index (χ1n) is 6.76. The van der Waals surface area contributed by atoms with Gasteiger partial charge >= 0.3 is 0 Å². The van der Waals surface area contributed by atoms with Crippen molar-refractivity contribution in [1.82, 2.24) is 0 Å². The van der Waals surface area contributed by atoms with Gasteiger partial charge in [0.05, 0.1) is 0 Å². The summed E-state index contributed by atoms with van der Waals surface area (Å²) >= 11 is 0. The van der Waals surface area contributed by atoms with Crippen LogP contribution in [0, 0.1) is 19.8 Å². The lowest BCUT2D eigenvalue weighted by atomic mass is 9.71. The summed E-state index contributed by atoms with van der Waals surface area (Å²) in [5, 5.41) is 0. The van der Waals surface area contributed by atoms with E-state index < -0.39 is 0 Å². The molecule has 98 valence electrons. The number of rotatable bonds is 1. The minimum atomic E-state index is 0.133. The lowest BCUT2D eigenvalue weighted by Crippen LogP contribution is -2.31. The molecule has 0 aliphatic heterocycles. The summed E-state index contributed by atoms with van der Waals surface area (Å²) in [7, 11) is 0. The van der Waals surface area contributed by atoms with E-state index in [1.54, 1.807) is 0 Å². The quantitative estimate of drug-likeness (QED) is 0.672. The summed E-state index contributed by atoms with van der Waals surface area (Å²) < 4.78 is 0. The van der Waals surface area contributed by atoms with Crippen molar-refractivity contribution in [3.05, 3.63) is 33.9 Å². The second kappa shape index (κ2) is 3.69. The molecule has 0 saturated carbocycles. The molecular weight excluding hydrogens is 220 g/mol. The largest absolute Gasteiger partial charge is 0.298 e. The smallest absolute Gasteiger partial charge is 0.150 e. The summed E-state index contributed by atoms with van der Waals surface area (Å²) in [4.78, 5) is 11.3. The molecule has 0 bridgehead atoms. The highest BCUT2D eigenvalue weighted by Gasteiger charge is 2.49. The van der Waals surface area contributed by atoms with Crippen LogP contribution in [0.2, 0.25) is 0 Å². The van der Waals surface area contributed by atoms with Crippen LogP contribution in [0.5, 0.6) is 0 Å². The molecule has 1 aliphatic carbocycles. The maximum absolute atomic E-state index is 11.3. The van der Waals surface area contributed by atoms with E-state index in [4.69, 9.17) is 0 Å². The van der Waals surface area contributed by atoms with Gasteiger partial charge in [0.25, 0.3) is 0 Å². The molecule has 1 nitrogen and oxygen atoms in total. The minimum Gasteiger partial charge on any atom is -0.298 e. The normalized spacial score (nSPS) is 23.8. The third kappa shape index (κ3) is 1.43. The number of hydrogen-bond donors (Lipinski definition) is 0. The first-order valence-corrected chi connectivity index (χ1v) is 6.76. The van der Waals surface area contributed by atoms with Crippen LogP contribution in [0.15, 0.2) is 6.07 Å². The maximum Gasteiger partial charge on any atom is 0.150 e. The predicted octanol–water partition coefficient (Wildman–Crippen LogP) is 4.32. The van der Waals surface area contributed by atoms with E-state index in [9.17, 15) is 4.79 Å². The topological polar surface area (TPSA) is 17.1 Å². The number of benzene rings is 1. The highest BCUT2D eigenvalue weighted by atomic mass is 16.1. The monoisotopic (exact) mass is 244 g/mol. The van der Waals surface area contributed by atoms with Gasteiger partial charge in [-0.1, -0.05) is 40.7 Å². The van der Waals surface area contributed by atoms with Gasteiger partial charge in [-0.15, -0.1) is 0 Å². The Morgan fingerprint density at radius 1 is 1.11 bits per heavy atom. The summed E-state index contributed by atoms with van der Waals surface area (Å²) in [5.74, 6) is 0.569. The lowest BCUT2D eigenvalue weighted by molar-refractivity contribution is 0.112. The molecular formula is C17H24O. The van der Waals surface area contributed by atoms with Crippen molar-refractivity contribution < 1.29 is 4.79 Å². The van der Waals surface area contributed by atoms with Crippen molar-refractivity contribution in [2.45, 2.75) is 59.3 Å². The van der Waals surface area contributed by atoms with E-state index in [0.717, 1.165) is 17.4 Å². The number of carbonyl (C=O) groups is 1. The van der Waals surface area contributed by atoms with Crippen LogP contribution in [0.3, 0.4) is 0 Å². The van der Waals surface area contributed by atoms with E-state index in [0.29, 0.717) is 5.92 Å². The fourth-order valence-electron chi connectivity index (χ4n) is 3.87. The molecule has 1 aromatic carbocycles. The zero-order chi connectivity index (χ0) is 13.9. The second-order valence-electron chi connectivity index (χ2n) is 6.94. The van der Waals surface area contributed by atoms with Crippen molar-refractivity contribution >= 4 is 6.29 Å². The van der Waals surface area contributed by atoms with Gasteiger partial charge in [0.1, 0.15) is 0 Å². The van der Waals surface area contributed by atoms with Gasteiger partial charge in [-0.25, -0.2) is 0 Å². The van der Waals surface area contributed by atoms with Crippen LogP contribution in [0.25, 0.3) is 0 Å². The van der Waals surface area contributed by atoms with Crippen molar-refractivity contribution in [3.63, 3.8) is 0 Å². The van der Waals surface area contributed by atoms with Crippen molar-refractivity contribution in [1.29, 1.82) is 0 Å². The third-order valence-electron chi connectivity index (χ3n) is 5.46. The lowest BCUT2D eigenvalue weighted by Gasteiger charge is -2.33. The SMILES string of the molecule is Cc1cc2c(c(C)c1C=O)C(C)(C)C(C)C2(C)C. The molecule has 0 saturated heterocycles. The molecule has 0 N–H and O–H groups in total. The average molecular weight is 244 g/mol. The van der Waals surface area contributed by atoms with Crippen LogP contribution in [-0.4, -0.2) is 6.29 Å².